The molecule has 0 aliphatic heterocycles. The minimum absolute atomic E-state index is 0.150. The summed E-state index contributed by atoms with van der Waals surface area (Å²) in [6.45, 7) is 5.09. The molecule has 3 N–H and O–H groups in total. The standard InChI is InChI=1S/C13H15NO5/c1-13(2,3)12(19)14-9-5-7(10(15)16)4-8(6-9)11(17)18/h4-6H,1-3H3,(H,14,19)(H,15,16)(H,17,18). The highest BCUT2D eigenvalue weighted by Gasteiger charge is 2.22. The topological polar surface area (TPSA) is 104 Å². The maximum absolute atomic E-state index is 11.8. The van der Waals surface area contributed by atoms with Crippen molar-refractivity contribution in [1.29, 1.82) is 0 Å². The number of nitrogens with one attached hydrogen (secondary N) is 1. The molecule has 6 nitrogen and oxygen atoms in total. The van der Waals surface area contributed by atoms with Crippen LogP contribution < -0.4 is 5.32 Å². The number of carbonyl (C=O) groups excluding carboxylic acids is 1. The number of hydrogen-bond acceptors (Lipinski definition) is 3. The first-order valence-electron chi connectivity index (χ1n) is 5.54. The first-order valence-corrected chi connectivity index (χ1v) is 5.54. The fourth-order valence-electron chi connectivity index (χ4n) is 1.27. The third-order valence-electron chi connectivity index (χ3n) is 2.37. The van der Waals surface area contributed by atoms with Gasteiger partial charge in [0, 0.05) is 11.1 Å². The summed E-state index contributed by atoms with van der Waals surface area (Å²) in [6, 6.07) is 3.48. The van der Waals surface area contributed by atoms with Crippen LogP contribution in [0.3, 0.4) is 0 Å². The summed E-state index contributed by atoms with van der Waals surface area (Å²) in [7, 11) is 0. The lowest BCUT2D eigenvalue weighted by Crippen LogP contribution is -2.27. The molecule has 1 rings (SSSR count). The molecular formula is C13H15NO5. The van der Waals surface area contributed by atoms with E-state index in [1.54, 1.807) is 20.8 Å². The Labute approximate surface area is 110 Å². The summed E-state index contributed by atoms with van der Waals surface area (Å²) >= 11 is 0. The van der Waals surface area contributed by atoms with Crippen molar-refractivity contribution in [2.75, 3.05) is 5.32 Å². The van der Waals surface area contributed by atoms with E-state index in [-0.39, 0.29) is 22.7 Å². The maximum Gasteiger partial charge on any atom is 0.335 e. The van der Waals surface area contributed by atoms with Crippen molar-refractivity contribution in [3.8, 4) is 0 Å². The average Bonchev–Trinajstić information content (AvgIpc) is 2.27. The summed E-state index contributed by atoms with van der Waals surface area (Å²) in [5.41, 5.74) is -0.895. The van der Waals surface area contributed by atoms with Gasteiger partial charge in [0.15, 0.2) is 0 Å². The number of amides is 1. The first kappa shape index (κ1) is 14.7. The third-order valence-corrected chi connectivity index (χ3v) is 2.37. The molecule has 0 bridgehead atoms. The van der Waals surface area contributed by atoms with Gasteiger partial charge in [0.25, 0.3) is 0 Å². The second-order valence-electron chi connectivity index (χ2n) is 5.11. The van der Waals surface area contributed by atoms with Gasteiger partial charge in [-0.2, -0.15) is 0 Å². The molecule has 1 aromatic carbocycles. The minimum Gasteiger partial charge on any atom is -0.478 e. The Balaban J connectivity index is 3.17. The Morgan fingerprint density at radius 2 is 1.37 bits per heavy atom. The van der Waals surface area contributed by atoms with Crippen molar-refractivity contribution < 1.29 is 24.6 Å². The fourth-order valence-corrected chi connectivity index (χ4v) is 1.27. The van der Waals surface area contributed by atoms with Crippen LogP contribution in [0.5, 0.6) is 0 Å². The van der Waals surface area contributed by atoms with Gasteiger partial charge in [-0.15, -0.1) is 0 Å². The highest BCUT2D eigenvalue weighted by molar-refractivity contribution is 5.99. The molecule has 0 heterocycles. The second-order valence-corrected chi connectivity index (χ2v) is 5.11. The van der Waals surface area contributed by atoms with Crippen molar-refractivity contribution in [3.63, 3.8) is 0 Å². The van der Waals surface area contributed by atoms with Gasteiger partial charge >= 0.3 is 11.9 Å². The van der Waals surface area contributed by atoms with Gasteiger partial charge in [-0.1, -0.05) is 20.8 Å². The zero-order chi connectivity index (χ0) is 14.8. The highest BCUT2D eigenvalue weighted by atomic mass is 16.4. The van der Waals surface area contributed by atoms with E-state index in [1.807, 2.05) is 0 Å². The van der Waals surface area contributed by atoms with Gasteiger partial charge in [-0.3, -0.25) is 4.79 Å². The number of carbonyl (C=O) groups is 3. The molecule has 0 saturated carbocycles. The lowest BCUT2D eigenvalue weighted by Gasteiger charge is -2.18. The Kier molecular flexibility index (Phi) is 3.94. The number of aromatic carboxylic acids is 2. The van der Waals surface area contributed by atoms with Crippen LogP contribution in [-0.4, -0.2) is 28.1 Å². The predicted molar refractivity (Wildman–Crippen MR) is 68.4 cm³/mol. The number of anilines is 1. The molecule has 0 atom stereocenters. The second kappa shape index (κ2) is 5.09. The normalized spacial score (nSPS) is 10.9. The van der Waals surface area contributed by atoms with Crippen molar-refractivity contribution >= 4 is 23.5 Å². The molecule has 0 spiro atoms. The zero-order valence-electron chi connectivity index (χ0n) is 10.9. The summed E-state index contributed by atoms with van der Waals surface area (Å²) < 4.78 is 0. The largest absolute Gasteiger partial charge is 0.478 e. The van der Waals surface area contributed by atoms with E-state index in [4.69, 9.17) is 10.2 Å². The molecule has 1 amide bonds. The van der Waals surface area contributed by atoms with E-state index in [0.29, 0.717) is 0 Å². The molecule has 6 heteroatoms. The minimum atomic E-state index is -1.26. The monoisotopic (exact) mass is 265 g/mol. The van der Waals surface area contributed by atoms with E-state index in [1.165, 1.54) is 12.1 Å². The van der Waals surface area contributed by atoms with Gasteiger partial charge in [0.1, 0.15) is 0 Å². The molecule has 102 valence electrons. The number of carboxylic acids is 2. The molecule has 0 unspecified atom stereocenters. The molecule has 0 fully saturated rings. The summed E-state index contributed by atoms with van der Waals surface area (Å²) in [4.78, 5) is 33.6. The van der Waals surface area contributed by atoms with Crippen LogP contribution in [-0.2, 0) is 4.79 Å². The van der Waals surface area contributed by atoms with Crippen LogP contribution in [0.15, 0.2) is 18.2 Å². The molecule has 0 aliphatic carbocycles. The molecule has 19 heavy (non-hydrogen) atoms. The molecule has 0 saturated heterocycles. The lowest BCUT2D eigenvalue weighted by molar-refractivity contribution is -0.123. The van der Waals surface area contributed by atoms with Crippen LogP contribution in [0.1, 0.15) is 41.5 Å². The van der Waals surface area contributed by atoms with E-state index in [0.717, 1.165) is 6.07 Å². The Hall–Kier alpha value is -2.37. The van der Waals surface area contributed by atoms with Crippen molar-refractivity contribution in [1.82, 2.24) is 0 Å². The van der Waals surface area contributed by atoms with Gasteiger partial charge in [-0.25, -0.2) is 9.59 Å². The quantitative estimate of drug-likeness (QED) is 0.776. The van der Waals surface area contributed by atoms with Crippen LogP contribution in [0.25, 0.3) is 0 Å². The Bertz CT molecular complexity index is 510. The average molecular weight is 265 g/mol. The van der Waals surface area contributed by atoms with Gasteiger partial charge in [0.2, 0.25) is 5.91 Å². The number of hydrogen-bond donors (Lipinski definition) is 3. The van der Waals surface area contributed by atoms with E-state index < -0.39 is 17.4 Å². The number of rotatable bonds is 3. The molecular weight excluding hydrogens is 250 g/mol. The lowest BCUT2D eigenvalue weighted by atomic mass is 9.95. The van der Waals surface area contributed by atoms with Crippen LogP contribution in [0.2, 0.25) is 0 Å². The maximum atomic E-state index is 11.8. The number of carboxylic acid groups (broad SMARTS) is 2. The van der Waals surface area contributed by atoms with Crippen LogP contribution in [0, 0.1) is 5.41 Å². The summed E-state index contributed by atoms with van der Waals surface area (Å²) in [5, 5.41) is 20.3. The zero-order valence-corrected chi connectivity index (χ0v) is 10.9. The fraction of sp³-hybridized carbons (Fsp3) is 0.308. The molecule has 0 aliphatic rings. The van der Waals surface area contributed by atoms with Gasteiger partial charge < -0.3 is 15.5 Å². The van der Waals surface area contributed by atoms with Gasteiger partial charge in [-0.05, 0) is 18.2 Å². The summed E-state index contributed by atoms with van der Waals surface area (Å²) in [6.07, 6.45) is 0. The third kappa shape index (κ3) is 3.80. The SMILES string of the molecule is CC(C)(C)C(=O)Nc1cc(C(=O)O)cc(C(=O)O)c1. The molecule has 1 aromatic rings. The molecule has 0 aromatic heterocycles. The van der Waals surface area contributed by atoms with Gasteiger partial charge in [0.05, 0.1) is 11.1 Å². The Morgan fingerprint density at radius 1 is 0.947 bits per heavy atom. The number of benzene rings is 1. The highest BCUT2D eigenvalue weighted by Crippen LogP contribution is 2.20. The van der Waals surface area contributed by atoms with Crippen molar-refractivity contribution in [2.24, 2.45) is 5.41 Å². The van der Waals surface area contributed by atoms with E-state index >= 15 is 0 Å². The van der Waals surface area contributed by atoms with Crippen molar-refractivity contribution in [2.45, 2.75) is 20.8 Å². The first-order chi connectivity index (χ1) is 8.61. The van der Waals surface area contributed by atoms with E-state index in [2.05, 4.69) is 5.32 Å². The van der Waals surface area contributed by atoms with Crippen molar-refractivity contribution in [3.05, 3.63) is 29.3 Å². The van der Waals surface area contributed by atoms with E-state index in [9.17, 15) is 14.4 Å². The smallest absolute Gasteiger partial charge is 0.335 e. The molecule has 0 radical (unpaired) electrons. The van der Waals surface area contributed by atoms with Crippen LogP contribution >= 0.6 is 0 Å². The Morgan fingerprint density at radius 3 is 1.68 bits per heavy atom. The predicted octanol–water partition coefficient (Wildman–Crippen LogP) is 2.07. The van der Waals surface area contributed by atoms with Crippen LogP contribution in [0.4, 0.5) is 5.69 Å². The summed E-state index contributed by atoms with van der Waals surface area (Å²) in [5.74, 6) is -2.84.